The molecule has 27 heavy (non-hydrogen) atoms. The van der Waals surface area contributed by atoms with Crippen molar-refractivity contribution in [2.24, 2.45) is 11.7 Å². The highest BCUT2D eigenvalue weighted by Gasteiger charge is 2.26. The minimum Gasteiger partial charge on any atom is -0.369 e. The van der Waals surface area contributed by atoms with Gasteiger partial charge in [0.15, 0.2) is 5.78 Å². The average molecular weight is 367 g/mol. The number of Topliss-reactive ketones (excluding diaryl/α,β-unsaturated/α-hetero) is 1. The largest absolute Gasteiger partial charge is 0.369 e. The highest BCUT2D eigenvalue weighted by atomic mass is 16.1. The van der Waals surface area contributed by atoms with E-state index in [0.717, 1.165) is 42.9 Å². The van der Waals surface area contributed by atoms with Crippen LogP contribution in [0.5, 0.6) is 0 Å². The Hall–Kier alpha value is -2.40. The number of ketones is 1. The summed E-state index contributed by atoms with van der Waals surface area (Å²) in [4.78, 5) is 26.4. The predicted molar refractivity (Wildman–Crippen MR) is 107 cm³/mol. The molecule has 1 atom stereocenters. The maximum Gasteiger partial charge on any atom is 0.220 e. The van der Waals surface area contributed by atoms with Crippen LogP contribution in [0.2, 0.25) is 0 Å². The summed E-state index contributed by atoms with van der Waals surface area (Å²) in [6, 6.07) is 12.5. The Morgan fingerprint density at radius 3 is 2.37 bits per heavy atom. The number of hydrogen-bond acceptors (Lipinski definition) is 3. The molecule has 2 N–H and O–H groups in total. The molecule has 1 fully saturated rings. The lowest BCUT2D eigenvalue weighted by atomic mass is 9.96. The van der Waals surface area contributed by atoms with Gasteiger partial charge in [-0.3, -0.25) is 14.5 Å². The number of nitrogens with zero attached hydrogens (tertiary/aromatic N) is 2. The lowest BCUT2D eigenvalue weighted by Gasteiger charge is -2.29. The van der Waals surface area contributed by atoms with E-state index in [0.29, 0.717) is 6.54 Å². The SMILES string of the molecule is Cc1cc(C(=O)CN2CCC(C(N)=O)CC2)c(C)n1[C@@H](C)c1ccccc1. The molecule has 5 nitrogen and oxygen atoms in total. The molecule has 0 radical (unpaired) electrons. The van der Waals surface area contributed by atoms with Crippen LogP contribution < -0.4 is 5.73 Å². The standard InChI is InChI=1S/C22H29N3O2/c1-15-13-20(17(3)25(15)16(2)18-7-5-4-6-8-18)21(26)14-24-11-9-19(10-12-24)22(23)27/h4-8,13,16,19H,9-12,14H2,1-3H3,(H2,23,27)/t16-/m0/s1. The van der Waals surface area contributed by atoms with Crippen LogP contribution in [-0.4, -0.2) is 40.8 Å². The predicted octanol–water partition coefficient (Wildman–Crippen LogP) is 3.09. The van der Waals surface area contributed by atoms with Crippen molar-refractivity contribution in [1.29, 1.82) is 0 Å². The van der Waals surface area contributed by atoms with E-state index in [1.807, 2.05) is 31.2 Å². The summed E-state index contributed by atoms with van der Waals surface area (Å²) in [6.45, 7) is 8.14. The molecule has 1 aromatic carbocycles. The highest BCUT2D eigenvalue weighted by Crippen LogP contribution is 2.26. The van der Waals surface area contributed by atoms with E-state index in [2.05, 4.69) is 35.4 Å². The van der Waals surface area contributed by atoms with Crippen molar-refractivity contribution >= 4 is 11.7 Å². The molecule has 0 aliphatic carbocycles. The molecule has 1 aromatic heterocycles. The fourth-order valence-corrected chi connectivity index (χ4v) is 4.20. The molecule has 1 amide bonds. The summed E-state index contributed by atoms with van der Waals surface area (Å²) in [7, 11) is 0. The third-order valence-corrected chi connectivity index (χ3v) is 5.81. The van der Waals surface area contributed by atoms with Gasteiger partial charge in [-0.05, 0) is 58.3 Å². The number of benzene rings is 1. The summed E-state index contributed by atoms with van der Waals surface area (Å²) in [5.74, 6) is -0.125. The molecule has 2 heterocycles. The van der Waals surface area contributed by atoms with E-state index in [1.165, 1.54) is 5.56 Å². The Balaban J connectivity index is 1.72. The number of aryl methyl sites for hydroxylation is 1. The second-order valence-electron chi connectivity index (χ2n) is 7.62. The van der Waals surface area contributed by atoms with Crippen LogP contribution in [0.25, 0.3) is 0 Å². The van der Waals surface area contributed by atoms with Crippen LogP contribution in [0.1, 0.15) is 53.1 Å². The van der Waals surface area contributed by atoms with Crippen LogP contribution in [0.15, 0.2) is 36.4 Å². The fourth-order valence-electron chi connectivity index (χ4n) is 4.20. The molecule has 1 aliphatic heterocycles. The number of nitrogens with two attached hydrogens (primary N) is 1. The van der Waals surface area contributed by atoms with Gasteiger partial charge < -0.3 is 10.3 Å². The Morgan fingerprint density at radius 1 is 1.15 bits per heavy atom. The van der Waals surface area contributed by atoms with Crippen molar-refractivity contribution in [3.8, 4) is 0 Å². The molecule has 1 saturated heterocycles. The van der Waals surface area contributed by atoms with Gasteiger partial charge in [0.1, 0.15) is 0 Å². The quantitative estimate of drug-likeness (QED) is 0.798. The van der Waals surface area contributed by atoms with Crippen molar-refractivity contribution in [2.45, 2.75) is 39.7 Å². The third kappa shape index (κ3) is 4.14. The van der Waals surface area contributed by atoms with Gasteiger partial charge in [-0.25, -0.2) is 0 Å². The van der Waals surface area contributed by atoms with Crippen molar-refractivity contribution in [2.75, 3.05) is 19.6 Å². The molecule has 1 aliphatic rings. The van der Waals surface area contributed by atoms with Gasteiger partial charge in [0.05, 0.1) is 12.6 Å². The minimum absolute atomic E-state index is 0.0480. The molecule has 0 bridgehead atoms. The molecule has 144 valence electrons. The van der Waals surface area contributed by atoms with E-state index >= 15 is 0 Å². The number of carbonyl (C=O) groups excluding carboxylic acids is 2. The topological polar surface area (TPSA) is 68.3 Å². The smallest absolute Gasteiger partial charge is 0.220 e. The minimum atomic E-state index is -0.223. The van der Waals surface area contributed by atoms with E-state index in [4.69, 9.17) is 5.73 Å². The molecule has 0 unspecified atom stereocenters. The first kappa shape index (κ1) is 19.4. The Bertz CT molecular complexity index is 818. The average Bonchev–Trinajstić information content (AvgIpc) is 2.96. The van der Waals surface area contributed by atoms with E-state index in [9.17, 15) is 9.59 Å². The van der Waals surface area contributed by atoms with Crippen molar-refractivity contribution in [3.05, 3.63) is 58.9 Å². The van der Waals surface area contributed by atoms with Gasteiger partial charge in [-0.1, -0.05) is 30.3 Å². The van der Waals surface area contributed by atoms with Gasteiger partial charge in [0, 0.05) is 22.9 Å². The first-order valence-corrected chi connectivity index (χ1v) is 9.66. The van der Waals surface area contributed by atoms with Gasteiger partial charge >= 0.3 is 0 Å². The van der Waals surface area contributed by atoms with E-state index in [-0.39, 0.29) is 23.7 Å². The van der Waals surface area contributed by atoms with Crippen molar-refractivity contribution in [3.63, 3.8) is 0 Å². The van der Waals surface area contributed by atoms with Gasteiger partial charge in [-0.2, -0.15) is 0 Å². The summed E-state index contributed by atoms with van der Waals surface area (Å²) in [5.41, 5.74) is 9.53. The number of aromatic nitrogens is 1. The molecule has 0 saturated carbocycles. The molecule has 2 aromatic rings. The molecule has 0 spiro atoms. The summed E-state index contributed by atoms with van der Waals surface area (Å²) in [5, 5.41) is 0. The van der Waals surface area contributed by atoms with Crippen molar-refractivity contribution in [1.82, 2.24) is 9.47 Å². The van der Waals surface area contributed by atoms with Crippen LogP contribution in [0.4, 0.5) is 0 Å². The summed E-state index contributed by atoms with van der Waals surface area (Å²) < 4.78 is 2.24. The van der Waals surface area contributed by atoms with Crippen LogP contribution in [-0.2, 0) is 4.79 Å². The number of amides is 1. The van der Waals surface area contributed by atoms with Gasteiger partial charge in [0.2, 0.25) is 5.91 Å². The van der Waals surface area contributed by atoms with Crippen LogP contribution in [0.3, 0.4) is 0 Å². The lowest BCUT2D eigenvalue weighted by molar-refractivity contribution is -0.123. The van der Waals surface area contributed by atoms with Crippen molar-refractivity contribution < 1.29 is 9.59 Å². The monoisotopic (exact) mass is 367 g/mol. The molecular formula is C22H29N3O2. The number of likely N-dealkylation sites (tertiary alicyclic amines) is 1. The molecule has 3 rings (SSSR count). The van der Waals surface area contributed by atoms with E-state index < -0.39 is 0 Å². The third-order valence-electron chi connectivity index (χ3n) is 5.81. The fraction of sp³-hybridized carbons (Fsp3) is 0.455. The number of hydrogen-bond donors (Lipinski definition) is 1. The zero-order chi connectivity index (χ0) is 19.6. The Kier molecular flexibility index (Phi) is 5.80. The van der Waals surface area contributed by atoms with E-state index in [1.54, 1.807) is 0 Å². The van der Waals surface area contributed by atoms with Crippen LogP contribution in [0, 0.1) is 19.8 Å². The number of primary amides is 1. The zero-order valence-electron chi connectivity index (χ0n) is 16.4. The zero-order valence-corrected chi connectivity index (χ0v) is 16.4. The first-order chi connectivity index (χ1) is 12.9. The second-order valence-corrected chi connectivity index (χ2v) is 7.62. The summed E-state index contributed by atoms with van der Waals surface area (Å²) in [6.07, 6.45) is 1.49. The Labute approximate surface area is 161 Å². The summed E-state index contributed by atoms with van der Waals surface area (Å²) >= 11 is 0. The first-order valence-electron chi connectivity index (χ1n) is 9.66. The molecular weight excluding hydrogens is 338 g/mol. The number of carbonyl (C=O) groups is 2. The maximum atomic E-state index is 12.9. The number of rotatable bonds is 6. The van der Waals surface area contributed by atoms with Gasteiger partial charge in [-0.15, -0.1) is 0 Å². The highest BCUT2D eigenvalue weighted by molar-refractivity contribution is 5.99. The molecule has 5 heteroatoms. The number of piperidine rings is 1. The normalized spacial score (nSPS) is 17.0. The lowest BCUT2D eigenvalue weighted by Crippen LogP contribution is -2.40. The maximum absolute atomic E-state index is 12.9. The van der Waals surface area contributed by atoms with Crippen LogP contribution >= 0.6 is 0 Å². The second kappa shape index (κ2) is 8.09. The Morgan fingerprint density at radius 2 is 1.78 bits per heavy atom. The van der Waals surface area contributed by atoms with Gasteiger partial charge in [0.25, 0.3) is 0 Å².